The summed E-state index contributed by atoms with van der Waals surface area (Å²) in [6.07, 6.45) is 3.52. The molecule has 30 heavy (non-hydrogen) atoms. The Labute approximate surface area is 184 Å². The zero-order valence-electron chi connectivity index (χ0n) is 16.9. The Morgan fingerprint density at radius 3 is 2.80 bits per heavy atom. The van der Waals surface area contributed by atoms with E-state index in [9.17, 15) is 9.50 Å². The van der Waals surface area contributed by atoms with E-state index in [4.69, 9.17) is 4.98 Å². The van der Waals surface area contributed by atoms with Gasteiger partial charge in [0.2, 0.25) is 0 Å². The summed E-state index contributed by atoms with van der Waals surface area (Å²) in [6, 6.07) is 16.2. The molecule has 4 rings (SSSR count). The van der Waals surface area contributed by atoms with E-state index >= 15 is 0 Å². The van der Waals surface area contributed by atoms with Crippen molar-refractivity contribution in [2.45, 2.75) is 25.3 Å². The van der Waals surface area contributed by atoms with Gasteiger partial charge in [-0.3, -0.25) is 0 Å². The summed E-state index contributed by atoms with van der Waals surface area (Å²) in [5.41, 5.74) is 2.88. The summed E-state index contributed by atoms with van der Waals surface area (Å²) in [4.78, 5) is 7.14. The van der Waals surface area contributed by atoms with E-state index in [-0.39, 0.29) is 11.6 Å². The summed E-state index contributed by atoms with van der Waals surface area (Å²) in [7, 11) is 2.18. The van der Waals surface area contributed by atoms with Crippen LogP contribution in [0.15, 0.2) is 59.1 Å². The highest BCUT2D eigenvalue weighted by atomic mass is 79.9. The third kappa shape index (κ3) is 4.82. The normalized spacial score (nSPS) is 16.7. The van der Waals surface area contributed by atoms with Crippen molar-refractivity contribution in [3.05, 3.63) is 64.9 Å². The molecule has 2 aromatic carbocycles. The predicted octanol–water partition coefficient (Wildman–Crippen LogP) is 5.92. The second kappa shape index (κ2) is 9.14. The first-order valence-corrected chi connectivity index (χ1v) is 11.0. The van der Waals surface area contributed by atoms with Crippen LogP contribution >= 0.6 is 15.9 Å². The van der Waals surface area contributed by atoms with Crippen LogP contribution in [0.1, 0.15) is 19.3 Å². The van der Waals surface area contributed by atoms with Crippen molar-refractivity contribution in [3.63, 3.8) is 0 Å². The van der Waals surface area contributed by atoms with E-state index in [0.717, 1.165) is 35.1 Å². The summed E-state index contributed by atoms with van der Waals surface area (Å²) in [5, 5.41) is 13.8. The number of nitrogens with one attached hydrogen (secondary N) is 1. The number of phenols is 1. The summed E-state index contributed by atoms with van der Waals surface area (Å²) in [5.74, 6) is 0.586. The molecule has 156 valence electrons. The van der Waals surface area contributed by atoms with Gasteiger partial charge in [0.05, 0.1) is 5.69 Å². The molecule has 1 saturated heterocycles. The second-order valence-corrected chi connectivity index (χ2v) is 8.71. The van der Waals surface area contributed by atoms with Crippen LogP contribution in [0.25, 0.3) is 22.4 Å². The van der Waals surface area contributed by atoms with Gasteiger partial charge in [-0.25, -0.2) is 9.37 Å². The number of aromatic hydroxyl groups is 1. The van der Waals surface area contributed by atoms with Crippen molar-refractivity contribution >= 4 is 21.7 Å². The molecule has 2 heterocycles. The number of pyridine rings is 1. The van der Waals surface area contributed by atoms with Crippen molar-refractivity contribution in [2.75, 3.05) is 25.5 Å². The molecule has 1 fully saturated rings. The lowest BCUT2D eigenvalue weighted by Gasteiger charge is -2.19. The lowest BCUT2D eigenvalue weighted by atomic mass is 10.0. The molecule has 1 unspecified atom stereocenters. The molecule has 1 aliphatic rings. The zero-order valence-corrected chi connectivity index (χ0v) is 18.5. The Bertz CT molecular complexity index is 1040. The van der Waals surface area contributed by atoms with Crippen LogP contribution in [0.4, 0.5) is 10.2 Å². The first-order chi connectivity index (χ1) is 14.5. The lowest BCUT2D eigenvalue weighted by molar-refractivity contribution is 0.301. The summed E-state index contributed by atoms with van der Waals surface area (Å²) < 4.78 is 14.7. The van der Waals surface area contributed by atoms with Gasteiger partial charge in [0, 0.05) is 22.6 Å². The van der Waals surface area contributed by atoms with Gasteiger partial charge in [-0.05, 0) is 86.4 Å². The molecule has 0 radical (unpaired) electrons. The number of phenolic OH excluding ortho intramolecular Hbond substituents is 1. The average Bonchev–Trinajstić information content (AvgIpc) is 3.14. The summed E-state index contributed by atoms with van der Waals surface area (Å²) >= 11 is 3.46. The number of anilines is 1. The standard InChI is InChI=1S/C24H25BrFN3O/c1-29-11-3-6-20(29)9-10-27-24-14-17(16-4-2-5-19(26)12-16)13-22(28-24)21-15-18(25)7-8-23(21)30/h2,4-5,7-8,12-15,20,30H,3,6,9-11H2,1H3,(H,27,28). The van der Waals surface area contributed by atoms with Crippen molar-refractivity contribution in [1.29, 1.82) is 0 Å². The Hall–Kier alpha value is -2.44. The van der Waals surface area contributed by atoms with Crippen LogP contribution in [0.2, 0.25) is 0 Å². The van der Waals surface area contributed by atoms with Gasteiger partial charge in [-0.2, -0.15) is 0 Å². The highest BCUT2D eigenvalue weighted by Gasteiger charge is 2.20. The quantitative estimate of drug-likeness (QED) is 0.470. The zero-order chi connectivity index (χ0) is 21.1. The first kappa shape index (κ1) is 20.8. The molecular formula is C24H25BrFN3O. The molecule has 0 saturated carbocycles. The minimum Gasteiger partial charge on any atom is -0.507 e. The van der Waals surface area contributed by atoms with Crippen molar-refractivity contribution in [2.24, 2.45) is 0 Å². The Balaban J connectivity index is 1.66. The SMILES string of the molecule is CN1CCCC1CCNc1cc(-c2cccc(F)c2)cc(-c2cc(Br)ccc2O)n1. The van der Waals surface area contributed by atoms with Crippen molar-refractivity contribution < 1.29 is 9.50 Å². The average molecular weight is 470 g/mol. The molecule has 6 heteroatoms. The van der Waals surface area contributed by atoms with Crippen LogP contribution in [-0.4, -0.2) is 41.2 Å². The fourth-order valence-electron chi connectivity index (χ4n) is 4.02. The van der Waals surface area contributed by atoms with Gasteiger partial charge in [0.1, 0.15) is 17.4 Å². The van der Waals surface area contributed by atoms with Gasteiger partial charge in [-0.1, -0.05) is 28.1 Å². The topological polar surface area (TPSA) is 48.4 Å². The maximum absolute atomic E-state index is 13.8. The van der Waals surface area contributed by atoms with E-state index < -0.39 is 0 Å². The maximum Gasteiger partial charge on any atom is 0.127 e. The second-order valence-electron chi connectivity index (χ2n) is 7.79. The van der Waals surface area contributed by atoms with Crippen LogP contribution in [0.3, 0.4) is 0 Å². The fourth-order valence-corrected chi connectivity index (χ4v) is 4.38. The molecule has 2 N–H and O–H groups in total. The van der Waals surface area contributed by atoms with Gasteiger partial charge < -0.3 is 15.3 Å². The molecule has 1 aliphatic heterocycles. The molecule has 4 nitrogen and oxygen atoms in total. The summed E-state index contributed by atoms with van der Waals surface area (Å²) in [6.45, 7) is 1.96. The van der Waals surface area contributed by atoms with Crippen LogP contribution in [0, 0.1) is 5.82 Å². The number of halogens is 2. The third-order valence-electron chi connectivity index (χ3n) is 5.67. The van der Waals surface area contributed by atoms with Gasteiger partial charge in [0.15, 0.2) is 0 Å². The smallest absolute Gasteiger partial charge is 0.127 e. The highest BCUT2D eigenvalue weighted by molar-refractivity contribution is 9.10. The number of likely N-dealkylation sites (tertiary alicyclic amines) is 1. The molecule has 3 aromatic rings. The van der Waals surface area contributed by atoms with E-state index in [1.165, 1.54) is 25.0 Å². The monoisotopic (exact) mass is 469 g/mol. The van der Waals surface area contributed by atoms with E-state index in [2.05, 4.69) is 33.2 Å². The van der Waals surface area contributed by atoms with Crippen molar-refractivity contribution in [3.8, 4) is 28.1 Å². The molecular weight excluding hydrogens is 445 g/mol. The third-order valence-corrected chi connectivity index (χ3v) is 6.17. The van der Waals surface area contributed by atoms with E-state index in [0.29, 0.717) is 23.1 Å². The number of benzene rings is 2. The Morgan fingerprint density at radius 1 is 1.17 bits per heavy atom. The minimum atomic E-state index is -0.282. The number of hydrogen-bond acceptors (Lipinski definition) is 4. The van der Waals surface area contributed by atoms with Crippen LogP contribution in [-0.2, 0) is 0 Å². The molecule has 1 atom stereocenters. The molecule has 1 aromatic heterocycles. The van der Waals surface area contributed by atoms with Crippen LogP contribution < -0.4 is 5.32 Å². The number of aromatic nitrogens is 1. The Kier molecular flexibility index (Phi) is 6.35. The number of nitrogens with zero attached hydrogens (tertiary/aromatic N) is 2. The lowest BCUT2D eigenvalue weighted by Crippen LogP contribution is -2.27. The fraction of sp³-hybridized carbons (Fsp3) is 0.292. The number of rotatable bonds is 6. The van der Waals surface area contributed by atoms with Crippen LogP contribution in [0.5, 0.6) is 5.75 Å². The van der Waals surface area contributed by atoms with Gasteiger partial charge >= 0.3 is 0 Å². The van der Waals surface area contributed by atoms with Gasteiger partial charge in [0.25, 0.3) is 0 Å². The van der Waals surface area contributed by atoms with Gasteiger partial charge in [-0.15, -0.1) is 0 Å². The molecule has 0 bridgehead atoms. The predicted molar refractivity (Wildman–Crippen MR) is 123 cm³/mol. The molecule has 0 amide bonds. The van der Waals surface area contributed by atoms with Crippen molar-refractivity contribution in [1.82, 2.24) is 9.88 Å². The molecule has 0 aliphatic carbocycles. The minimum absolute atomic E-state index is 0.153. The maximum atomic E-state index is 13.8. The number of hydrogen-bond donors (Lipinski definition) is 2. The highest BCUT2D eigenvalue weighted by Crippen LogP contribution is 2.34. The first-order valence-electron chi connectivity index (χ1n) is 10.2. The largest absolute Gasteiger partial charge is 0.507 e. The van der Waals surface area contributed by atoms with E-state index in [1.54, 1.807) is 18.2 Å². The van der Waals surface area contributed by atoms with E-state index in [1.807, 2.05) is 24.3 Å². The molecule has 0 spiro atoms. The Morgan fingerprint density at radius 2 is 2.03 bits per heavy atom.